The average molecular weight is 354 g/mol. The maximum Gasteiger partial charge on any atom is 0.329 e. The second-order valence-corrected chi connectivity index (χ2v) is 5.14. The van der Waals surface area contributed by atoms with Gasteiger partial charge in [-0.15, -0.1) is 0 Å². The van der Waals surface area contributed by atoms with E-state index in [2.05, 4.69) is 10.4 Å². The van der Waals surface area contributed by atoms with Gasteiger partial charge in [-0.1, -0.05) is 41.4 Å². The van der Waals surface area contributed by atoms with Gasteiger partial charge in [0, 0.05) is 10.6 Å². The van der Waals surface area contributed by atoms with Crippen molar-refractivity contribution in [1.29, 1.82) is 0 Å². The Hall–Kier alpha value is -2.44. The summed E-state index contributed by atoms with van der Waals surface area (Å²) < 4.78 is 13.3. The van der Waals surface area contributed by atoms with Crippen LogP contribution in [0.5, 0.6) is 0 Å². The SMILES string of the molecule is O=C(NN=Cc1ccccc1F)C(=O)Nc1cc(Cl)ccc1Cl. The van der Waals surface area contributed by atoms with E-state index in [1.165, 1.54) is 36.4 Å². The molecule has 2 amide bonds. The number of rotatable bonds is 3. The molecule has 0 saturated carbocycles. The molecule has 2 aromatic rings. The second-order valence-electron chi connectivity index (χ2n) is 4.30. The van der Waals surface area contributed by atoms with Gasteiger partial charge < -0.3 is 5.32 Å². The van der Waals surface area contributed by atoms with Crippen LogP contribution in [0.4, 0.5) is 10.1 Å². The summed E-state index contributed by atoms with van der Waals surface area (Å²) >= 11 is 11.6. The van der Waals surface area contributed by atoms with E-state index >= 15 is 0 Å². The molecule has 0 aliphatic rings. The van der Waals surface area contributed by atoms with Crippen LogP contribution in [0, 0.1) is 5.82 Å². The summed E-state index contributed by atoms with van der Waals surface area (Å²) in [6, 6.07) is 10.3. The van der Waals surface area contributed by atoms with E-state index in [0.717, 1.165) is 6.21 Å². The number of amides is 2. The smallest absolute Gasteiger partial charge is 0.316 e. The van der Waals surface area contributed by atoms with Gasteiger partial charge in [0.05, 0.1) is 16.9 Å². The van der Waals surface area contributed by atoms with Crippen LogP contribution in [0.1, 0.15) is 5.56 Å². The van der Waals surface area contributed by atoms with E-state index in [9.17, 15) is 14.0 Å². The minimum Gasteiger partial charge on any atom is -0.316 e. The van der Waals surface area contributed by atoms with Crippen LogP contribution in [-0.2, 0) is 9.59 Å². The molecule has 0 bridgehead atoms. The van der Waals surface area contributed by atoms with Crippen molar-refractivity contribution < 1.29 is 14.0 Å². The third kappa shape index (κ3) is 4.77. The molecule has 0 aliphatic heterocycles. The quantitative estimate of drug-likeness (QED) is 0.505. The summed E-state index contributed by atoms with van der Waals surface area (Å²) in [5.74, 6) is -2.52. The van der Waals surface area contributed by atoms with Crippen molar-refractivity contribution in [1.82, 2.24) is 5.43 Å². The molecule has 0 aliphatic carbocycles. The molecule has 118 valence electrons. The monoisotopic (exact) mass is 353 g/mol. The van der Waals surface area contributed by atoms with Crippen molar-refractivity contribution in [2.75, 3.05) is 5.32 Å². The first kappa shape index (κ1) is 16.9. The number of nitrogens with one attached hydrogen (secondary N) is 2. The first-order valence-corrected chi connectivity index (χ1v) is 7.07. The number of hydrogen-bond donors (Lipinski definition) is 2. The average Bonchev–Trinajstić information content (AvgIpc) is 2.52. The molecule has 0 radical (unpaired) electrons. The molecule has 2 rings (SSSR count). The minimum absolute atomic E-state index is 0.172. The van der Waals surface area contributed by atoms with Crippen LogP contribution in [0.3, 0.4) is 0 Å². The first-order chi connectivity index (χ1) is 11.0. The zero-order chi connectivity index (χ0) is 16.8. The van der Waals surface area contributed by atoms with Crippen molar-refractivity contribution in [3.8, 4) is 0 Å². The second kappa shape index (κ2) is 7.71. The largest absolute Gasteiger partial charge is 0.329 e. The standard InChI is InChI=1S/C15H10Cl2FN3O2/c16-10-5-6-11(17)13(7-10)20-14(22)15(23)21-19-8-9-3-1-2-4-12(9)18/h1-8H,(H,20,22)(H,21,23). The highest BCUT2D eigenvalue weighted by Gasteiger charge is 2.14. The summed E-state index contributed by atoms with van der Waals surface area (Å²) in [5, 5.41) is 6.39. The predicted molar refractivity (Wildman–Crippen MR) is 87.2 cm³/mol. The van der Waals surface area contributed by atoms with Gasteiger partial charge in [0.25, 0.3) is 0 Å². The van der Waals surface area contributed by atoms with E-state index in [0.29, 0.717) is 5.02 Å². The fourth-order valence-electron chi connectivity index (χ4n) is 1.56. The Bertz CT molecular complexity index is 781. The molecular formula is C15H10Cl2FN3O2. The zero-order valence-electron chi connectivity index (χ0n) is 11.5. The van der Waals surface area contributed by atoms with E-state index < -0.39 is 17.6 Å². The van der Waals surface area contributed by atoms with Crippen molar-refractivity contribution in [2.24, 2.45) is 5.10 Å². The van der Waals surface area contributed by atoms with Crippen LogP contribution in [0.25, 0.3) is 0 Å². The lowest BCUT2D eigenvalue weighted by Gasteiger charge is -2.06. The van der Waals surface area contributed by atoms with Gasteiger partial charge in [-0.25, -0.2) is 9.82 Å². The molecule has 0 fully saturated rings. The molecule has 0 saturated heterocycles. The summed E-state index contributed by atoms with van der Waals surface area (Å²) in [7, 11) is 0. The molecule has 8 heteroatoms. The Morgan fingerprint density at radius 3 is 2.57 bits per heavy atom. The van der Waals surface area contributed by atoms with E-state index in [1.54, 1.807) is 6.07 Å². The molecule has 5 nitrogen and oxygen atoms in total. The number of carbonyl (C=O) groups excluding carboxylic acids is 2. The van der Waals surface area contributed by atoms with Crippen LogP contribution in [0.15, 0.2) is 47.6 Å². The Morgan fingerprint density at radius 1 is 1.09 bits per heavy atom. The highest BCUT2D eigenvalue weighted by atomic mass is 35.5. The molecule has 0 unspecified atom stereocenters. The highest BCUT2D eigenvalue weighted by molar-refractivity contribution is 6.42. The molecule has 2 N–H and O–H groups in total. The molecular weight excluding hydrogens is 344 g/mol. The van der Waals surface area contributed by atoms with Crippen molar-refractivity contribution in [3.05, 3.63) is 63.9 Å². The number of carbonyl (C=O) groups is 2. The third-order valence-corrected chi connectivity index (χ3v) is 3.22. The van der Waals surface area contributed by atoms with Crippen molar-refractivity contribution in [3.63, 3.8) is 0 Å². The lowest BCUT2D eigenvalue weighted by molar-refractivity contribution is -0.136. The summed E-state index contributed by atoms with van der Waals surface area (Å²) in [6.07, 6.45) is 1.09. The molecule has 0 atom stereocenters. The van der Waals surface area contributed by atoms with Gasteiger partial charge in [-0.2, -0.15) is 5.10 Å². The van der Waals surface area contributed by atoms with E-state index in [4.69, 9.17) is 23.2 Å². The molecule has 23 heavy (non-hydrogen) atoms. The molecule has 0 spiro atoms. The highest BCUT2D eigenvalue weighted by Crippen LogP contribution is 2.25. The lowest BCUT2D eigenvalue weighted by atomic mass is 10.2. The lowest BCUT2D eigenvalue weighted by Crippen LogP contribution is -2.32. The minimum atomic E-state index is -1.03. The van der Waals surface area contributed by atoms with Crippen molar-refractivity contribution >= 4 is 46.9 Å². The Balaban J connectivity index is 1.97. The fraction of sp³-hybridized carbons (Fsp3) is 0. The normalized spacial score (nSPS) is 10.6. The summed E-state index contributed by atoms with van der Waals surface area (Å²) in [4.78, 5) is 23.3. The fourth-order valence-corrected chi connectivity index (χ4v) is 1.90. The van der Waals surface area contributed by atoms with Gasteiger partial charge in [0.1, 0.15) is 5.82 Å². The van der Waals surface area contributed by atoms with Gasteiger partial charge in [-0.05, 0) is 24.3 Å². The molecule has 0 heterocycles. The maximum absolute atomic E-state index is 13.3. The van der Waals surface area contributed by atoms with Gasteiger partial charge in [0.2, 0.25) is 0 Å². The number of hydrogen-bond acceptors (Lipinski definition) is 3. The Labute approximate surface area is 141 Å². The number of anilines is 1. The van der Waals surface area contributed by atoms with Crippen LogP contribution in [-0.4, -0.2) is 18.0 Å². The van der Waals surface area contributed by atoms with Crippen LogP contribution in [0.2, 0.25) is 10.0 Å². The first-order valence-electron chi connectivity index (χ1n) is 6.31. The number of nitrogens with zero attached hydrogens (tertiary/aromatic N) is 1. The molecule has 0 aromatic heterocycles. The van der Waals surface area contributed by atoms with Gasteiger partial charge in [-0.3, -0.25) is 9.59 Å². The number of benzene rings is 2. The van der Waals surface area contributed by atoms with Gasteiger partial charge >= 0.3 is 11.8 Å². The van der Waals surface area contributed by atoms with E-state index in [1.807, 2.05) is 5.43 Å². The zero-order valence-corrected chi connectivity index (χ0v) is 13.0. The maximum atomic E-state index is 13.3. The Kier molecular flexibility index (Phi) is 5.67. The van der Waals surface area contributed by atoms with Gasteiger partial charge in [0.15, 0.2) is 0 Å². The summed E-state index contributed by atoms with van der Waals surface area (Å²) in [5.41, 5.74) is 2.35. The number of halogens is 3. The van der Waals surface area contributed by atoms with Crippen LogP contribution < -0.4 is 10.7 Å². The summed E-state index contributed by atoms with van der Waals surface area (Å²) in [6.45, 7) is 0. The number of hydrazone groups is 1. The van der Waals surface area contributed by atoms with Crippen LogP contribution >= 0.6 is 23.2 Å². The Morgan fingerprint density at radius 2 is 1.83 bits per heavy atom. The predicted octanol–water partition coefficient (Wildman–Crippen LogP) is 3.22. The molecule has 2 aromatic carbocycles. The van der Waals surface area contributed by atoms with E-state index in [-0.39, 0.29) is 16.3 Å². The third-order valence-electron chi connectivity index (χ3n) is 2.66. The van der Waals surface area contributed by atoms with Crippen molar-refractivity contribution in [2.45, 2.75) is 0 Å². The topological polar surface area (TPSA) is 70.6 Å².